The third-order valence-electron chi connectivity index (χ3n) is 4.99. The second-order valence-corrected chi connectivity index (χ2v) is 10.7. The Balaban J connectivity index is 1.72. The molecule has 3 rings (SSSR count). The molecular weight excluding hydrogens is 474 g/mol. The van der Waals surface area contributed by atoms with E-state index in [9.17, 15) is 14.4 Å². The average Bonchev–Trinajstić information content (AvgIpc) is 3.27. The van der Waals surface area contributed by atoms with Crippen molar-refractivity contribution in [2.24, 2.45) is 0 Å². The molecule has 1 unspecified atom stereocenters. The topological polar surface area (TPSA) is 108 Å². The number of carbonyl (C=O) groups excluding carboxylic acids is 3. The first-order chi connectivity index (χ1) is 17.3. The van der Waals surface area contributed by atoms with E-state index >= 15 is 0 Å². The molecule has 37 heavy (non-hydrogen) atoms. The summed E-state index contributed by atoms with van der Waals surface area (Å²) in [4.78, 5) is 42.5. The van der Waals surface area contributed by atoms with Crippen molar-refractivity contribution in [3.8, 4) is 5.75 Å². The molecule has 1 amide bonds. The Morgan fingerprint density at radius 2 is 1.62 bits per heavy atom. The van der Waals surface area contributed by atoms with Crippen LogP contribution in [-0.4, -0.2) is 44.5 Å². The van der Waals surface area contributed by atoms with Crippen LogP contribution in [0, 0.1) is 0 Å². The third kappa shape index (κ3) is 8.63. The summed E-state index contributed by atoms with van der Waals surface area (Å²) in [6, 6.07) is 12.1. The zero-order chi connectivity index (χ0) is 27.2. The predicted molar refractivity (Wildman–Crippen MR) is 138 cm³/mol. The summed E-state index contributed by atoms with van der Waals surface area (Å²) >= 11 is 0. The van der Waals surface area contributed by atoms with Gasteiger partial charge >= 0.3 is 11.9 Å². The highest BCUT2D eigenvalue weighted by Gasteiger charge is 2.31. The van der Waals surface area contributed by atoms with Gasteiger partial charge in [-0.2, -0.15) is 0 Å². The van der Waals surface area contributed by atoms with Crippen LogP contribution in [0.3, 0.4) is 0 Å². The molecule has 0 radical (unpaired) electrons. The second kappa shape index (κ2) is 11.5. The number of benzene rings is 1. The number of carbonyl (C=O) groups is 3. The van der Waals surface area contributed by atoms with Gasteiger partial charge in [0.2, 0.25) is 5.91 Å². The van der Waals surface area contributed by atoms with Crippen molar-refractivity contribution >= 4 is 23.5 Å². The molecule has 1 atom stereocenters. The first kappa shape index (κ1) is 27.7. The molecule has 0 spiro atoms. The average molecular weight is 510 g/mol. The SMILES string of the molecule is CC(C)(C)OC(=O)CC(NC(=O)Cc1ccc(OCc2ccccc2)c2nccn12)C(=O)OC(C)(C)C. The Bertz CT molecular complexity index is 1240. The van der Waals surface area contributed by atoms with Gasteiger partial charge in [0.15, 0.2) is 11.4 Å². The summed E-state index contributed by atoms with van der Waals surface area (Å²) in [5.41, 5.74) is 0.716. The predicted octanol–water partition coefficient (Wildman–Crippen LogP) is 4.01. The van der Waals surface area contributed by atoms with Crippen LogP contribution in [0.25, 0.3) is 5.65 Å². The van der Waals surface area contributed by atoms with Gasteiger partial charge < -0.3 is 23.9 Å². The molecule has 9 nitrogen and oxygen atoms in total. The Morgan fingerprint density at radius 3 is 2.27 bits per heavy atom. The number of aromatic nitrogens is 2. The number of pyridine rings is 1. The van der Waals surface area contributed by atoms with Crippen molar-refractivity contribution in [2.45, 2.75) is 78.2 Å². The van der Waals surface area contributed by atoms with E-state index in [4.69, 9.17) is 14.2 Å². The standard InChI is InChI=1S/C28H35N3O6/c1-27(2,3)36-24(33)17-21(26(34)37-28(4,5)6)30-23(32)16-20-12-13-22(25-29-14-15-31(20)25)35-18-19-10-8-7-9-11-19/h7-15,21H,16-18H2,1-6H3,(H,30,32). The van der Waals surface area contributed by atoms with Crippen LogP contribution in [0.5, 0.6) is 5.75 Å². The van der Waals surface area contributed by atoms with Crippen LogP contribution in [0.2, 0.25) is 0 Å². The molecule has 3 aromatic rings. The number of ether oxygens (including phenoxy) is 3. The molecule has 9 heteroatoms. The zero-order valence-electron chi connectivity index (χ0n) is 22.2. The molecule has 0 saturated heterocycles. The summed E-state index contributed by atoms with van der Waals surface area (Å²) in [7, 11) is 0. The monoisotopic (exact) mass is 509 g/mol. The van der Waals surface area contributed by atoms with Crippen molar-refractivity contribution in [1.82, 2.24) is 14.7 Å². The third-order valence-corrected chi connectivity index (χ3v) is 4.99. The summed E-state index contributed by atoms with van der Waals surface area (Å²) in [5.74, 6) is -1.19. The Hall–Kier alpha value is -3.88. The Morgan fingerprint density at radius 1 is 0.946 bits per heavy atom. The fraction of sp³-hybridized carbons (Fsp3) is 0.429. The number of rotatable bonds is 9. The van der Waals surface area contributed by atoms with Gasteiger partial charge in [-0.1, -0.05) is 30.3 Å². The zero-order valence-corrected chi connectivity index (χ0v) is 22.2. The number of amides is 1. The smallest absolute Gasteiger partial charge is 0.329 e. The van der Waals surface area contributed by atoms with E-state index in [1.807, 2.05) is 30.3 Å². The van der Waals surface area contributed by atoms with Crippen LogP contribution in [-0.2, 0) is 36.9 Å². The van der Waals surface area contributed by atoms with E-state index < -0.39 is 35.1 Å². The van der Waals surface area contributed by atoms with Gasteiger partial charge in [0.25, 0.3) is 0 Å². The van der Waals surface area contributed by atoms with Crippen molar-refractivity contribution in [3.63, 3.8) is 0 Å². The van der Waals surface area contributed by atoms with Crippen molar-refractivity contribution < 1.29 is 28.6 Å². The van der Waals surface area contributed by atoms with Gasteiger partial charge in [0.05, 0.1) is 12.8 Å². The van der Waals surface area contributed by atoms with Gasteiger partial charge in [-0.15, -0.1) is 0 Å². The summed E-state index contributed by atoms with van der Waals surface area (Å²) in [6.45, 7) is 10.7. The van der Waals surface area contributed by atoms with Gasteiger partial charge in [0, 0.05) is 18.1 Å². The number of hydrogen-bond acceptors (Lipinski definition) is 7. The van der Waals surface area contributed by atoms with Crippen LogP contribution >= 0.6 is 0 Å². The molecule has 0 aliphatic heterocycles. The fourth-order valence-electron chi connectivity index (χ4n) is 3.56. The summed E-state index contributed by atoms with van der Waals surface area (Å²) in [6.07, 6.45) is 2.96. The lowest BCUT2D eigenvalue weighted by Crippen LogP contribution is -2.46. The highest BCUT2D eigenvalue weighted by atomic mass is 16.6. The number of fused-ring (bicyclic) bond motifs is 1. The number of nitrogens with one attached hydrogen (secondary N) is 1. The van der Waals surface area contributed by atoms with Crippen LogP contribution in [0.4, 0.5) is 0 Å². The second-order valence-electron chi connectivity index (χ2n) is 10.7. The molecule has 0 aliphatic carbocycles. The van der Waals surface area contributed by atoms with E-state index in [1.165, 1.54) is 0 Å². The fourth-order valence-corrected chi connectivity index (χ4v) is 3.56. The lowest BCUT2D eigenvalue weighted by Gasteiger charge is -2.25. The molecule has 1 N–H and O–H groups in total. The van der Waals surface area contributed by atoms with Crippen molar-refractivity contribution in [1.29, 1.82) is 0 Å². The maximum atomic E-state index is 13.0. The summed E-state index contributed by atoms with van der Waals surface area (Å²) in [5, 5.41) is 2.64. The molecule has 2 aromatic heterocycles. The molecular formula is C28H35N3O6. The minimum absolute atomic E-state index is 0.0561. The lowest BCUT2D eigenvalue weighted by molar-refractivity contribution is -0.165. The quantitative estimate of drug-likeness (QED) is 0.434. The number of esters is 2. The van der Waals surface area contributed by atoms with Crippen molar-refractivity contribution in [2.75, 3.05) is 0 Å². The van der Waals surface area contributed by atoms with E-state index in [1.54, 1.807) is 70.5 Å². The lowest BCUT2D eigenvalue weighted by atomic mass is 10.1. The summed E-state index contributed by atoms with van der Waals surface area (Å²) < 4.78 is 18.5. The van der Waals surface area contributed by atoms with Gasteiger partial charge in [-0.3, -0.25) is 9.59 Å². The molecule has 2 heterocycles. The molecule has 0 bridgehead atoms. The maximum absolute atomic E-state index is 13.0. The van der Waals surface area contributed by atoms with Gasteiger partial charge in [-0.25, -0.2) is 9.78 Å². The highest BCUT2D eigenvalue weighted by molar-refractivity contribution is 5.89. The largest absolute Gasteiger partial charge is 0.485 e. The van der Waals surface area contributed by atoms with E-state index in [2.05, 4.69) is 10.3 Å². The molecule has 0 aliphatic rings. The van der Waals surface area contributed by atoms with Gasteiger partial charge in [-0.05, 0) is 59.2 Å². The normalized spacial score (nSPS) is 12.6. The first-order valence-corrected chi connectivity index (χ1v) is 12.2. The highest BCUT2D eigenvalue weighted by Crippen LogP contribution is 2.22. The Labute approximate surface area is 217 Å². The molecule has 0 saturated carbocycles. The van der Waals surface area contributed by atoms with Gasteiger partial charge in [0.1, 0.15) is 23.9 Å². The van der Waals surface area contributed by atoms with Crippen LogP contribution in [0.15, 0.2) is 54.9 Å². The van der Waals surface area contributed by atoms with Crippen LogP contribution in [0.1, 0.15) is 59.2 Å². The Kier molecular flexibility index (Phi) is 8.57. The minimum Gasteiger partial charge on any atom is -0.485 e. The van der Waals surface area contributed by atoms with E-state index in [-0.39, 0.29) is 12.8 Å². The van der Waals surface area contributed by atoms with Crippen molar-refractivity contribution in [3.05, 3.63) is 66.1 Å². The van der Waals surface area contributed by atoms with E-state index in [0.29, 0.717) is 23.7 Å². The maximum Gasteiger partial charge on any atom is 0.329 e. The minimum atomic E-state index is -1.19. The number of imidazole rings is 1. The molecule has 0 fully saturated rings. The van der Waals surface area contributed by atoms with Crippen LogP contribution < -0.4 is 10.1 Å². The first-order valence-electron chi connectivity index (χ1n) is 12.2. The number of nitrogens with zero attached hydrogens (tertiary/aromatic N) is 2. The van der Waals surface area contributed by atoms with E-state index in [0.717, 1.165) is 5.56 Å². The number of hydrogen-bond donors (Lipinski definition) is 1. The molecule has 1 aromatic carbocycles. The molecule has 198 valence electrons.